The number of amides is 1. The van der Waals surface area contributed by atoms with Crippen molar-refractivity contribution >= 4 is 38.7 Å². The lowest BCUT2D eigenvalue weighted by Crippen LogP contribution is -2.25. The van der Waals surface area contributed by atoms with Crippen LogP contribution in [0.1, 0.15) is 26.5 Å². The quantitative estimate of drug-likeness (QED) is 0.407. The summed E-state index contributed by atoms with van der Waals surface area (Å²) in [5.74, 6) is -0.544. The van der Waals surface area contributed by atoms with Gasteiger partial charge in [-0.25, -0.2) is 9.37 Å². The van der Waals surface area contributed by atoms with Crippen LogP contribution >= 0.6 is 22.7 Å². The number of nitrogens with zero attached hydrogens (tertiary/aromatic N) is 1. The molecule has 0 aliphatic rings. The normalized spacial score (nSPS) is 11.2. The van der Waals surface area contributed by atoms with Crippen LogP contribution in [0, 0.1) is 12.7 Å². The van der Waals surface area contributed by atoms with Crippen molar-refractivity contribution in [3.8, 4) is 10.6 Å². The van der Waals surface area contributed by atoms with Crippen LogP contribution in [0.25, 0.3) is 20.7 Å². The predicted molar refractivity (Wildman–Crippen MR) is 121 cm³/mol. The van der Waals surface area contributed by atoms with E-state index in [2.05, 4.69) is 41.5 Å². The van der Waals surface area contributed by atoms with E-state index in [0.717, 1.165) is 21.0 Å². The van der Waals surface area contributed by atoms with Crippen LogP contribution in [0.3, 0.4) is 0 Å². The Bertz CT molecular complexity index is 1180. The van der Waals surface area contributed by atoms with Gasteiger partial charge in [0, 0.05) is 46.7 Å². The van der Waals surface area contributed by atoms with Gasteiger partial charge in [0.15, 0.2) is 0 Å². The summed E-state index contributed by atoms with van der Waals surface area (Å²) in [6, 6.07) is 13.2. The number of carbonyl (C=O) groups is 1. The summed E-state index contributed by atoms with van der Waals surface area (Å²) in [6.45, 7) is 2.71. The van der Waals surface area contributed by atoms with Crippen LogP contribution in [0.2, 0.25) is 0 Å². The van der Waals surface area contributed by atoms with Crippen molar-refractivity contribution in [2.45, 2.75) is 20.0 Å². The Hall–Kier alpha value is -2.61. The first kappa shape index (κ1) is 20.7. The first-order valence-corrected chi connectivity index (χ1v) is 11.2. The van der Waals surface area contributed by atoms with Crippen molar-refractivity contribution < 1.29 is 13.9 Å². The molecule has 4 aromatic rings. The average Bonchev–Trinajstić information content (AvgIpc) is 3.35. The lowest BCUT2D eigenvalue weighted by molar-refractivity contribution is 0.0954. The maximum Gasteiger partial charge on any atom is 0.261 e. The zero-order chi connectivity index (χ0) is 21.1. The van der Waals surface area contributed by atoms with E-state index in [1.165, 1.54) is 23.0 Å². The second-order valence-electron chi connectivity index (χ2n) is 6.97. The molecule has 0 radical (unpaired) electrons. The molecule has 0 bridgehead atoms. The molecule has 4 nitrogen and oxygen atoms in total. The Kier molecular flexibility index (Phi) is 6.22. The molecule has 2 aromatic carbocycles. The molecule has 2 heterocycles. The second-order valence-corrected chi connectivity index (χ2v) is 8.88. The summed E-state index contributed by atoms with van der Waals surface area (Å²) >= 11 is 2.89. The number of ether oxygens (including phenoxy) is 1. The highest BCUT2D eigenvalue weighted by molar-refractivity contribution is 7.21. The maximum atomic E-state index is 14.3. The Balaban J connectivity index is 1.44. The number of aromatic nitrogens is 1. The molecule has 0 saturated heterocycles. The van der Waals surface area contributed by atoms with Gasteiger partial charge in [0.05, 0.1) is 17.2 Å². The first-order valence-electron chi connectivity index (χ1n) is 9.55. The lowest BCUT2D eigenvalue weighted by Gasteiger charge is -2.06. The third kappa shape index (κ3) is 4.28. The Morgan fingerprint density at radius 3 is 2.77 bits per heavy atom. The van der Waals surface area contributed by atoms with E-state index in [1.54, 1.807) is 24.5 Å². The molecule has 7 heteroatoms. The average molecular weight is 441 g/mol. The Labute approximate surface area is 182 Å². The van der Waals surface area contributed by atoms with E-state index in [4.69, 9.17) is 4.74 Å². The highest BCUT2D eigenvalue weighted by Gasteiger charge is 2.20. The van der Waals surface area contributed by atoms with Crippen molar-refractivity contribution in [1.82, 2.24) is 10.3 Å². The molecule has 1 amide bonds. The van der Waals surface area contributed by atoms with Gasteiger partial charge in [0.1, 0.15) is 10.8 Å². The van der Waals surface area contributed by atoms with Gasteiger partial charge in [-0.2, -0.15) is 0 Å². The molecule has 0 aliphatic heterocycles. The number of benzene rings is 2. The molecule has 4 rings (SSSR count). The maximum absolute atomic E-state index is 14.3. The number of thiazole rings is 1. The minimum atomic E-state index is -0.332. The number of rotatable bonds is 7. The summed E-state index contributed by atoms with van der Waals surface area (Å²) in [5.41, 5.74) is 3.85. The standard InChI is InChI=1S/C23H21FN2O2S2/c1-14-6-8-15(9-7-14)23-26-16(13-29-23)10-11-25-22(27)21-17(12-28-2)20-18(24)4-3-5-19(20)30-21/h3-9,13H,10-12H2,1-2H3,(H,25,27). The zero-order valence-electron chi connectivity index (χ0n) is 16.7. The molecule has 0 fully saturated rings. The summed E-state index contributed by atoms with van der Waals surface area (Å²) in [7, 11) is 1.54. The number of halogens is 1. The monoisotopic (exact) mass is 440 g/mol. The summed E-state index contributed by atoms with van der Waals surface area (Å²) < 4.78 is 20.3. The highest BCUT2D eigenvalue weighted by Crippen LogP contribution is 2.33. The number of nitrogens with one attached hydrogen (secondary N) is 1. The SMILES string of the molecule is COCc1c(C(=O)NCCc2csc(-c3ccc(C)cc3)n2)sc2cccc(F)c12. The van der Waals surface area contributed by atoms with Gasteiger partial charge in [0.25, 0.3) is 5.91 Å². The summed E-state index contributed by atoms with van der Waals surface area (Å²) in [5, 5.41) is 6.40. The number of hydrogen-bond donors (Lipinski definition) is 1. The van der Waals surface area contributed by atoms with Gasteiger partial charge in [0.2, 0.25) is 0 Å². The number of carbonyl (C=O) groups excluding carboxylic acids is 1. The van der Waals surface area contributed by atoms with E-state index < -0.39 is 0 Å². The molecule has 1 N–H and O–H groups in total. The van der Waals surface area contributed by atoms with Gasteiger partial charge >= 0.3 is 0 Å². The number of aryl methyl sites for hydroxylation is 1. The van der Waals surface area contributed by atoms with Gasteiger partial charge < -0.3 is 10.1 Å². The Morgan fingerprint density at radius 1 is 1.20 bits per heavy atom. The van der Waals surface area contributed by atoms with Crippen LogP contribution in [0.5, 0.6) is 0 Å². The second kappa shape index (κ2) is 9.04. The van der Waals surface area contributed by atoms with Crippen LogP contribution in [-0.4, -0.2) is 24.5 Å². The van der Waals surface area contributed by atoms with E-state index in [9.17, 15) is 9.18 Å². The largest absolute Gasteiger partial charge is 0.380 e. The fraction of sp³-hybridized carbons (Fsp3) is 0.217. The molecule has 0 aliphatic carbocycles. The molecule has 30 heavy (non-hydrogen) atoms. The van der Waals surface area contributed by atoms with Crippen molar-refractivity contribution in [3.63, 3.8) is 0 Å². The fourth-order valence-electron chi connectivity index (χ4n) is 3.27. The van der Waals surface area contributed by atoms with E-state index in [1.807, 2.05) is 11.4 Å². The number of thiophene rings is 1. The topological polar surface area (TPSA) is 51.2 Å². The van der Waals surface area contributed by atoms with Crippen LogP contribution in [0.15, 0.2) is 47.8 Å². The first-order chi connectivity index (χ1) is 14.6. The number of fused-ring (bicyclic) bond motifs is 1. The summed E-state index contributed by atoms with van der Waals surface area (Å²) in [6.07, 6.45) is 0.632. The van der Waals surface area contributed by atoms with Gasteiger partial charge in [-0.15, -0.1) is 22.7 Å². The van der Waals surface area contributed by atoms with Crippen molar-refractivity contribution in [2.75, 3.05) is 13.7 Å². The predicted octanol–water partition coefficient (Wildman–Crippen LogP) is 5.59. The number of methoxy groups -OCH3 is 1. The van der Waals surface area contributed by atoms with E-state index in [0.29, 0.717) is 28.8 Å². The van der Waals surface area contributed by atoms with Gasteiger partial charge in [-0.05, 0) is 19.1 Å². The molecule has 0 atom stereocenters. The smallest absolute Gasteiger partial charge is 0.261 e. The molecule has 0 unspecified atom stereocenters. The minimum absolute atomic E-state index is 0.190. The number of hydrogen-bond acceptors (Lipinski definition) is 5. The van der Waals surface area contributed by atoms with Crippen LogP contribution in [0.4, 0.5) is 4.39 Å². The molecule has 154 valence electrons. The third-order valence-corrected chi connectivity index (χ3v) is 6.91. The molecule has 0 saturated carbocycles. The van der Waals surface area contributed by atoms with E-state index >= 15 is 0 Å². The highest BCUT2D eigenvalue weighted by atomic mass is 32.1. The van der Waals surface area contributed by atoms with E-state index in [-0.39, 0.29) is 18.3 Å². The Morgan fingerprint density at radius 2 is 2.00 bits per heavy atom. The van der Waals surface area contributed by atoms with Crippen molar-refractivity contribution in [2.24, 2.45) is 0 Å². The van der Waals surface area contributed by atoms with Crippen LogP contribution < -0.4 is 5.32 Å². The molecule has 2 aromatic heterocycles. The van der Waals surface area contributed by atoms with Gasteiger partial charge in [-0.3, -0.25) is 4.79 Å². The van der Waals surface area contributed by atoms with Crippen molar-refractivity contribution in [1.29, 1.82) is 0 Å². The molecular formula is C23H21FN2O2S2. The van der Waals surface area contributed by atoms with Gasteiger partial charge in [-0.1, -0.05) is 35.9 Å². The zero-order valence-corrected chi connectivity index (χ0v) is 18.3. The third-order valence-electron chi connectivity index (χ3n) is 4.78. The molecular weight excluding hydrogens is 419 g/mol. The minimum Gasteiger partial charge on any atom is -0.380 e. The van der Waals surface area contributed by atoms with Crippen LogP contribution in [-0.2, 0) is 17.8 Å². The molecule has 0 spiro atoms. The fourth-order valence-corrected chi connectivity index (χ4v) is 5.27. The van der Waals surface area contributed by atoms with Crippen molar-refractivity contribution in [3.05, 3.63) is 75.4 Å². The summed E-state index contributed by atoms with van der Waals surface area (Å²) in [4.78, 5) is 17.9. The lowest BCUT2D eigenvalue weighted by atomic mass is 10.1.